The normalized spacial score (nSPS) is 16.1. The monoisotopic (exact) mass is 429 g/mol. The molecule has 0 unspecified atom stereocenters. The van der Waals surface area contributed by atoms with Crippen LogP contribution in [0.3, 0.4) is 0 Å². The van der Waals surface area contributed by atoms with E-state index in [9.17, 15) is 9.59 Å². The Morgan fingerprint density at radius 2 is 2.00 bits per heavy atom. The average Bonchev–Trinajstić information content (AvgIpc) is 3.11. The third-order valence-corrected chi connectivity index (χ3v) is 6.47. The van der Waals surface area contributed by atoms with Crippen molar-refractivity contribution in [1.29, 1.82) is 0 Å². The standard InChI is InChI=1S/C16H9Cl2NO3S3/c17-10-3-1-8(5-11(10)18)12-4-2-9(24-12)6-13-15(22)19(7-14(20)21)16(23)25-13/h1-6H,7H2,(H,20,21)/b13-6+. The number of carbonyl (C=O) groups is 2. The molecule has 2 heterocycles. The van der Waals surface area contributed by atoms with Gasteiger partial charge in [-0.25, -0.2) is 0 Å². The highest BCUT2D eigenvalue weighted by atomic mass is 35.5. The maximum atomic E-state index is 12.3. The second kappa shape index (κ2) is 7.47. The minimum atomic E-state index is -1.10. The van der Waals surface area contributed by atoms with Crippen molar-refractivity contribution in [2.24, 2.45) is 0 Å². The highest BCUT2D eigenvalue weighted by molar-refractivity contribution is 8.26. The topological polar surface area (TPSA) is 57.6 Å². The van der Waals surface area contributed by atoms with Gasteiger partial charge in [0.25, 0.3) is 5.91 Å². The molecule has 25 heavy (non-hydrogen) atoms. The van der Waals surface area contributed by atoms with Crippen molar-refractivity contribution in [2.45, 2.75) is 0 Å². The van der Waals surface area contributed by atoms with Crippen LogP contribution in [0.5, 0.6) is 0 Å². The van der Waals surface area contributed by atoms with Crippen LogP contribution in [0.25, 0.3) is 16.5 Å². The van der Waals surface area contributed by atoms with Gasteiger partial charge in [0.2, 0.25) is 0 Å². The van der Waals surface area contributed by atoms with Crippen LogP contribution in [0, 0.1) is 0 Å². The number of halogens is 2. The lowest BCUT2D eigenvalue weighted by molar-refractivity contribution is -0.140. The summed E-state index contributed by atoms with van der Waals surface area (Å²) in [6.07, 6.45) is 1.72. The minimum Gasteiger partial charge on any atom is -0.480 e. The fourth-order valence-corrected chi connectivity index (χ4v) is 4.70. The molecule has 3 rings (SSSR count). The number of carbonyl (C=O) groups excluding carboxylic acids is 1. The lowest BCUT2D eigenvalue weighted by Crippen LogP contribution is -2.33. The number of nitrogens with zero attached hydrogens (tertiary/aromatic N) is 1. The molecule has 1 saturated heterocycles. The molecule has 0 aliphatic carbocycles. The van der Waals surface area contributed by atoms with Gasteiger partial charge in [0.15, 0.2) is 0 Å². The molecule has 0 radical (unpaired) electrons. The number of thiocarbonyl (C=S) groups is 1. The molecule has 128 valence electrons. The first-order valence-electron chi connectivity index (χ1n) is 6.87. The zero-order valence-corrected chi connectivity index (χ0v) is 16.3. The van der Waals surface area contributed by atoms with Crippen molar-refractivity contribution in [2.75, 3.05) is 6.54 Å². The van der Waals surface area contributed by atoms with Crippen LogP contribution in [0.2, 0.25) is 10.0 Å². The summed E-state index contributed by atoms with van der Waals surface area (Å²) < 4.78 is 0.250. The largest absolute Gasteiger partial charge is 0.480 e. The predicted octanol–water partition coefficient (Wildman–Crippen LogP) is 5.01. The van der Waals surface area contributed by atoms with Crippen LogP contribution in [0.1, 0.15) is 4.88 Å². The number of benzene rings is 1. The molecule has 1 aliphatic heterocycles. The minimum absolute atomic E-state index is 0.250. The van der Waals surface area contributed by atoms with Crippen LogP contribution >= 0.6 is 58.5 Å². The van der Waals surface area contributed by atoms with Gasteiger partial charge in [0, 0.05) is 9.75 Å². The molecule has 1 aliphatic rings. The highest BCUT2D eigenvalue weighted by Crippen LogP contribution is 2.36. The summed E-state index contributed by atoms with van der Waals surface area (Å²) in [5.74, 6) is -1.49. The molecule has 0 spiro atoms. The van der Waals surface area contributed by atoms with Gasteiger partial charge in [-0.3, -0.25) is 14.5 Å². The third kappa shape index (κ3) is 4.07. The van der Waals surface area contributed by atoms with E-state index in [1.807, 2.05) is 18.2 Å². The first kappa shape index (κ1) is 18.4. The van der Waals surface area contributed by atoms with E-state index in [1.165, 1.54) is 11.3 Å². The molecule has 2 aromatic rings. The van der Waals surface area contributed by atoms with Crippen LogP contribution in [-0.2, 0) is 9.59 Å². The second-order valence-electron chi connectivity index (χ2n) is 4.99. The molecule has 1 amide bonds. The SMILES string of the molecule is O=C(O)CN1C(=O)/C(=C\c2ccc(-c3ccc(Cl)c(Cl)c3)s2)SC1=S. The Morgan fingerprint density at radius 3 is 2.68 bits per heavy atom. The summed E-state index contributed by atoms with van der Waals surface area (Å²) in [5.41, 5.74) is 0.928. The van der Waals surface area contributed by atoms with E-state index >= 15 is 0 Å². The quantitative estimate of drug-likeness (QED) is 0.546. The third-order valence-electron chi connectivity index (χ3n) is 3.27. The van der Waals surface area contributed by atoms with Crippen LogP contribution in [0.4, 0.5) is 0 Å². The Morgan fingerprint density at radius 1 is 1.24 bits per heavy atom. The first-order valence-corrected chi connectivity index (χ1v) is 9.67. The average molecular weight is 430 g/mol. The zero-order chi connectivity index (χ0) is 18.1. The van der Waals surface area contributed by atoms with Crippen LogP contribution < -0.4 is 0 Å². The molecular weight excluding hydrogens is 421 g/mol. The van der Waals surface area contributed by atoms with E-state index in [-0.39, 0.29) is 10.2 Å². The summed E-state index contributed by atoms with van der Waals surface area (Å²) in [6, 6.07) is 9.19. The summed E-state index contributed by atoms with van der Waals surface area (Å²) in [5, 5.41) is 9.82. The van der Waals surface area contributed by atoms with E-state index in [0.29, 0.717) is 15.0 Å². The van der Waals surface area contributed by atoms with E-state index in [0.717, 1.165) is 32.0 Å². The molecule has 1 fully saturated rings. The second-order valence-corrected chi connectivity index (χ2v) is 8.60. The van der Waals surface area contributed by atoms with E-state index in [2.05, 4.69) is 0 Å². The molecule has 1 aromatic heterocycles. The molecule has 4 nitrogen and oxygen atoms in total. The van der Waals surface area contributed by atoms with Crippen molar-refractivity contribution in [3.05, 3.63) is 50.2 Å². The molecule has 0 bridgehead atoms. The Bertz CT molecular complexity index is 923. The van der Waals surface area contributed by atoms with E-state index in [4.69, 9.17) is 40.5 Å². The molecule has 1 N–H and O–H groups in total. The maximum absolute atomic E-state index is 12.3. The van der Waals surface area contributed by atoms with Crippen molar-refractivity contribution >= 4 is 80.8 Å². The number of rotatable bonds is 4. The molecule has 1 aromatic carbocycles. The van der Waals surface area contributed by atoms with Gasteiger partial charge in [-0.15, -0.1) is 11.3 Å². The summed E-state index contributed by atoms with van der Waals surface area (Å²) in [6.45, 7) is -0.430. The van der Waals surface area contributed by atoms with Gasteiger partial charge >= 0.3 is 5.97 Å². The lowest BCUT2D eigenvalue weighted by Gasteiger charge is -2.09. The van der Waals surface area contributed by atoms with E-state index in [1.54, 1.807) is 18.2 Å². The highest BCUT2D eigenvalue weighted by Gasteiger charge is 2.33. The Hall–Kier alpha value is -1.38. The van der Waals surface area contributed by atoms with E-state index < -0.39 is 12.5 Å². The molecule has 0 saturated carbocycles. The number of carboxylic acids is 1. The van der Waals surface area contributed by atoms with Gasteiger partial charge in [-0.2, -0.15) is 0 Å². The van der Waals surface area contributed by atoms with Gasteiger partial charge in [0.05, 0.1) is 15.0 Å². The molecular formula is C16H9Cl2NO3S3. The van der Waals surface area contributed by atoms with Gasteiger partial charge in [-0.1, -0.05) is 53.2 Å². The maximum Gasteiger partial charge on any atom is 0.323 e. The van der Waals surface area contributed by atoms with Crippen LogP contribution in [-0.4, -0.2) is 32.7 Å². The number of hydrogen-bond acceptors (Lipinski definition) is 5. The van der Waals surface area contributed by atoms with Gasteiger partial charge < -0.3 is 5.11 Å². The molecule has 0 atom stereocenters. The van der Waals surface area contributed by atoms with Crippen molar-refractivity contribution in [1.82, 2.24) is 4.90 Å². The smallest absolute Gasteiger partial charge is 0.323 e. The summed E-state index contributed by atoms with van der Waals surface area (Å²) in [7, 11) is 0. The number of carboxylic acid groups (broad SMARTS) is 1. The number of thiophene rings is 1. The van der Waals surface area contributed by atoms with Crippen molar-refractivity contribution in [3.63, 3.8) is 0 Å². The first-order chi connectivity index (χ1) is 11.8. The van der Waals surface area contributed by atoms with Crippen LogP contribution in [0.15, 0.2) is 35.2 Å². The number of thioether (sulfide) groups is 1. The Kier molecular flexibility index (Phi) is 5.50. The fourth-order valence-electron chi connectivity index (χ4n) is 2.14. The van der Waals surface area contributed by atoms with Crippen molar-refractivity contribution < 1.29 is 14.7 Å². The number of amides is 1. The zero-order valence-electron chi connectivity index (χ0n) is 12.4. The Balaban J connectivity index is 1.84. The lowest BCUT2D eigenvalue weighted by atomic mass is 10.2. The predicted molar refractivity (Wildman–Crippen MR) is 107 cm³/mol. The van der Waals surface area contributed by atoms with Gasteiger partial charge in [0.1, 0.15) is 10.9 Å². The van der Waals surface area contributed by atoms with Crippen molar-refractivity contribution in [3.8, 4) is 10.4 Å². The molecule has 9 heteroatoms. The number of aliphatic carboxylic acids is 1. The summed E-state index contributed by atoms with van der Waals surface area (Å²) >= 11 is 19.6. The summed E-state index contributed by atoms with van der Waals surface area (Å²) in [4.78, 5) is 26.4. The Labute approximate surface area is 167 Å². The van der Waals surface area contributed by atoms with Gasteiger partial charge in [-0.05, 0) is 35.9 Å². The number of hydrogen-bond donors (Lipinski definition) is 1. The fraction of sp³-hybridized carbons (Fsp3) is 0.0625.